The van der Waals surface area contributed by atoms with E-state index in [-0.39, 0.29) is 11.5 Å². The van der Waals surface area contributed by atoms with Gasteiger partial charge in [0.15, 0.2) is 0 Å². The molecular weight excluding hydrogens is 413 g/mol. The van der Waals surface area contributed by atoms with Crippen LogP contribution in [-0.2, 0) is 16.6 Å². The van der Waals surface area contributed by atoms with Gasteiger partial charge in [0.2, 0.25) is 0 Å². The number of benzene rings is 2. The number of hydrogen-bond donors (Lipinski definition) is 2. The first-order valence-electron chi connectivity index (χ1n) is 5.60. The van der Waals surface area contributed by atoms with Crippen LogP contribution in [0, 0.1) is 3.57 Å². The van der Waals surface area contributed by atoms with Crippen LogP contribution in [0.1, 0.15) is 5.56 Å². The molecule has 0 aliphatic carbocycles. The average Bonchev–Trinajstić information content (AvgIpc) is 2.42. The second kappa shape index (κ2) is 6.30. The van der Waals surface area contributed by atoms with Gasteiger partial charge in [-0.25, -0.2) is 8.42 Å². The molecule has 0 spiro atoms. The van der Waals surface area contributed by atoms with Crippen molar-refractivity contribution in [2.45, 2.75) is 11.5 Å². The van der Waals surface area contributed by atoms with Gasteiger partial charge in [-0.2, -0.15) is 0 Å². The number of halogens is 2. The van der Waals surface area contributed by atoms with Crippen molar-refractivity contribution in [2.75, 3.05) is 4.72 Å². The van der Waals surface area contributed by atoms with Gasteiger partial charge in [0, 0.05) is 3.57 Å². The highest BCUT2D eigenvalue weighted by Gasteiger charge is 2.15. The molecule has 0 aliphatic heterocycles. The molecule has 7 heteroatoms. The molecule has 4 nitrogen and oxygen atoms in total. The Morgan fingerprint density at radius 2 is 1.80 bits per heavy atom. The number of rotatable bonds is 4. The van der Waals surface area contributed by atoms with Gasteiger partial charge in [-0.3, -0.25) is 4.72 Å². The van der Waals surface area contributed by atoms with Crippen LogP contribution in [-0.4, -0.2) is 13.5 Å². The molecule has 20 heavy (non-hydrogen) atoms. The Kier molecular flexibility index (Phi) is 4.90. The molecule has 0 radical (unpaired) electrons. The quantitative estimate of drug-likeness (QED) is 0.742. The predicted molar refractivity (Wildman–Crippen MR) is 87.3 cm³/mol. The topological polar surface area (TPSA) is 66.4 Å². The summed E-state index contributed by atoms with van der Waals surface area (Å²) in [6.07, 6.45) is 0. The second-order valence-electron chi connectivity index (χ2n) is 4.03. The summed E-state index contributed by atoms with van der Waals surface area (Å²) in [5, 5.41) is 9.29. The van der Waals surface area contributed by atoms with Crippen LogP contribution >= 0.6 is 34.2 Å². The lowest BCUT2D eigenvalue weighted by molar-refractivity contribution is 0.282. The summed E-state index contributed by atoms with van der Waals surface area (Å²) < 4.78 is 27.8. The summed E-state index contributed by atoms with van der Waals surface area (Å²) in [6.45, 7) is -0.128. The van der Waals surface area contributed by atoms with E-state index in [4.69, 9.17) is 16.7 Å². The lowest BCUT2D eigenvalue weighted by atomic mass is 10.2. The number of hydrogen-bond acceptors (Lipinski definition) is 3. The van der Waals surface area contributed by atoms with Crippen molar-refractivity contribution in [3.8, 4) is 0 Å². The first-order valence-corrected chi connectivity index (χ1v) is 8.54. The first kappa shape index (κ1) is 15.6. The normalized spacial score (nSPS) is 11.3. The molecule has 2 N–H and O–H groups in total. The zero-order valence-corrected chi connectivity index (χ0v) is 13.9. The fourth-order valence-corrected chi connectivity index (χ4v) is 3.59. The highest BCUT2D eigenvalue weighted by molar-refractivity contribution is 14.1. The molecule has 106 valence electrons. The molecule has 0 fully saturated rings. The standard InChI is InChI=1S/C13H11ClINO3S/c14-12-7-10(15)3-6-13(12)16-20(18,19)11-4-1-9(8-17)2-5-11/h1-7,16-17H,8H2. The molecule has 0 unspecified atom stereocenters. The third-order valence-electron chi connectivity index (χ3n) is 2.59. The van der Waals surface area contributed by atoms with E-state index in [1.165, 1.54) is 12.1 Å². The van der Waals surface area contributed by atoms with Crippen LogP contribution in [0.4, 0.5) is 5.69 Å². The Hall–Kier alpha value is -0.830. The van der Waals surface area contributed by atoms with Gasteiger partial charge in [0.25, 0.3) is 10.0 Å². The largest absolute Gasteiger partial charge is 0.392 e. The van der Waals surface area contributed by atoms with E-state index >= 15 is 0 Å². The van der Waals surface area contributed by atoms with E-state index < -0.39 is 10.0 Å². The van der Waals surface area contributed by atoms with Crippen LogP contribution in [0.25, 0.3) is 0 Å². The van der Waals surface area contributed by atoms with Gasteiger partial charge < -0.3 is 5.11 Å². The van der Waals surface area contributed by atoms with E-state index in [9.17, 15) is 8.42 Å². The minimum Gasteiger partial charge on any atom is -0.392 e. The van der Waals surface area contributed by atoms with E-state index in [0.29, 0.717) is 16.3 Å². The zero-order valence-electron chi connectivity index (χ0n) is 10.2. The van der Waals surface area contributed by atoms with Crippen molar-refractivity contribution in [1.29, 1.82) is 0 Å². The summed E-state index contributed by atoms with van der Waals surface area (Å²) in [4.78, 5) is 0.115. The smallest absolute Gasteiger partial charge is 0.261 e. The maximum Gasteiger partial charge on any atom is 0.261 e. The summed E-state index contributed by atoms with van der Waals surface area (Å²) in [5.74, 6) is 0. The number of aliphatic hydroxyl groups excluding tert-OH is 1. The van der Waals surface area contributed by atoms with Gasteiger partial charge in [0.1, 0.15) is 0 Å². The Morgan fingerprint density at radius 3 is 2.35 bits per heavy atom. The van der Waals surface area contributed by atoms with Crippen LogP contribution in [0.15, 0.2) is 47.4 Å². The number of sulfonamides is 1. The molecule has 0 amide bonds. The van der Waals surface area contributed by atoms with Crippen LogP contribution in [0.3, 0.4) is 0 Å². The van der Waals surface area contributed by atoms with Crippen molar-refractivity contribution >= 4 is 49.9 Å². The maximum atomic E-state index is 12.2. The van der Waals surface area contributed by atoms with Crippen LogP contribution in [0.5, 0.6) is 0 Å². The fourth-order valence-electron chi connectivity index (χ4n) is 1.55. The number of nitrogens with one attached hydrogen (secondary N) is 1. The molecule has 0 bridgehead atoms. The van der Waals surface area contributed by atoms with E-state index in [0.717, 1.165) is 3.57 Å². The molecule has 2 rings (SSSR count). The SMILES string of the molecule is O=S(=O)(Nc1ccc(I)cc1Cl)c1ccc(CO)cc1. The lowest BCUT2D eigenvalue weighted by Crippen LogP contribution is -2.13. The van der Waals surface area contributed by atoms with Gasteiger partial charge >= 0.3 is 0 Å². The number of aliphatic hydroxyl groups is 1. The van der Waals surface area contributed by atoms with Crippen molar-refractivity contribution in [3.05, 3.63) is 56.6 Å². The first-order chi connectivity index (χ1) is 9.42. The average molecular weight is 424 g/mol. The third-order valence-corrected chi connectivity index (χ3v) is 4.96. The van der Waals surface area contributed by atoms with Crippen molar-refractivity contribution < 1.29 is 13.5 Å². The molecular formula is C13H11ClINO3S. The van der Waals surface area contributed by atoms with E-state index in [1.54, 1.807) is 30.3 Å². The molecule has 0 aliphatic rings. The van der Waals surface area contributed by atoms with Gasteiger partial charge in [-0.15, -0.1) is 0 Å². The second-order valence-corrected chi connectivity index (χ2v) is 7.37. The number of anilines is 1. The molecule has 2 aromatic rings. The third kappa shape index (κ3) is 3.63. The predicted octanol–water partition coefficient (Wildman–Crippen LogP) is 3.24. The molecule has 0 aromatic heterocycles. The maximum absolute atomic E-state index is 12.2. The molecule has 0 atom stereocenters. The van der Waals surface area contributed by atoms with Crippen LogP contribution in [0.2, 0.25) is 5.02 Å². The summed E-state index contributed by atoms with van der Waals surface area (Å²) in [7, 11) is -3.69. The van der Waals surface area contributed by atoms with Crippen LogP contribution < -0.4 is 4.72 Å². The van der Waals surface area contributed by atoms with Crippen molar-refractivity contribution in [2.24, 2.45) is 0 Å². The Morgan fingerprint density at radius 1 is 1.15 bits per heavy atom. The molecule has 0 saturated carbocycles. The van der Waals surface area contributed by atoms with E-state index in [2.05, 4.69) is 27.3 Å². The summed E-state index contributed by atoms with van der Waals surface area (Å²) in [6, 6.07) is 11.1. The van der Waals surface area contributed by atoms with Gasteiger partial charge in [-0.05, 0) is 58.5 Å². The Balaban J connectivity index is 2.30. The van der Waals surface area contributed by atoms with Gasteiger partial charge in [0.05, 0.1) is 22.2 Å². The van der Waals surface area contributed by atoms with Crippen molar-refractivity contribution in [3.63, 3.8) is 0 Å². The minimum atomic E-state index is -3.69. The zero-order chi connectivity index (χ0) is 14.8. The van der Waals surface area contributed by atoms with Crippen molar-refractivity contribution in [1.82, 2.24) is 0 Å². The fraction of sp³-hybridized carbons (Fsp3) is 0.0769. The molecule has 0 heterocycles. The monoisotopic (exact) mass is 423 g/mol. The Bertz CT molecular complexity index is 717. The van der Waals surface area contributed by atoms with E-state index in [1.807, 2.05) is 0 Å². The Labute approximate surface area is 136 Å². The minimum absolute atomic E-state index is 0.115. The summed E-state index contributed by atoms with van der Waals surface area (Å²) >= 11 is 8.10. The lowest BCUT2D eigenvalue weighted by Gasteiger charge is -2.10. The molecule has 2 aromatic carbocycles. The highest BCUT2D eigenvalue weighted by Crippen LogP contribution is 2.26. The molecule has 0 saturated heterocycles. The van der Waals surface area contributed by atoms with Gasteiger partial charge in [-0.1, -0.05) is 23.7 Å². The highest BCUT2D eigenvalue weighted by atomic mass is 127. The summed E-state index contributed by atoms with van der Waals surface area (Å²) in [5.41, 5.74) is 0.981.